The molecule has 0 radical (unpaired) electrons. The predicted octanol–water partition coefficient (Wildman–Crippen LogP) is 3.94. The highest BCUT2D eigenvalue weighted by atomic mass is 35.5. The first-order chi connectivity index (χ1) is 8.97. The van der Waals surface area contributed by atoms with Gasteiger partial charge in [-0.15, -0.1) is 0 Å². The number of aryl methyl sites for hydroxylation is 1. The van der Waals surface area contributed by atoms with Gasteiger partial charge in [0.05, 0.1) is 6.20 Å². The van der Waals surface area contributed by atoms with Crippen LogP contribution in [0.15, 0.2) is 24.4 Å². The van der Waals surface area contributed by atoms with Crippen LogP contribution in [0.4, 0.5) is 5.69 Å². The Morgan fingerprint density at radius 2 is 2.05 bits per heavy atom. The molecule has 0 unspecified atom stereocenters. The number of benzene rings is 1. The lowest BCUT2D eigenvalue weighted by atomic mass is 9.98. The third-order valence-corrected chi connectivity index (χ3v) is 3.01. The fourth-order valence-electron chi connectivity index (χ4n) is 1.91. The summed E-state index contributed by atoms with van der Waals surface area (Å²) in [6.07, 6.45) is 1.43. The molecule has 0 aliphatic carbocycles. The summed E-state index contributed by atoms with van der Waals surface area (Å²) in [6.45, 7) is 6.37. The molecule has 0 amide bonds. The quantitative estimate of drug-likeness (QED) is 0.863. The minimum atomic E-state index is 0.111. The second-order valence-electron chi connectivity index (χ2n) is 4.67. The smallest absolute Gasteiger partial charge is 0.247 e. The van der Waals surface area contributed by atoms with Gasteiger partial charge in [0.15, 0.2) is 0 Å². The number of hydrogen-bond donors (Lipinski definition) is 1. The summed E-state index contributed by atoms with van der Waals surface area (Å²) in [4.78, 5) is 7.75. The Hall–Kier alpha value is -1.81. The van der Waals surface area contributed by atoms with Crippen LogP contribution in [0.25, 0.3) is 0 Å². The largest absolute Gasteiger partial charge is 0.437 e. The molecule has 1 aromatic heterocycles. The first-order valence-electron chi connectivity index (χ1n) is 6.04. The topological polar surface area (TPSA) is 61.0 Å². The van der Waals surface area contributed by atoms with Crippen molar-refractivity contribution in [2.24, 2.45) is 0 Å². The molecular formula is C14H16ClN3O. The van der Waals surface area contributed by atoms with Crippen LogP contribution in [-0.2, 0) is 0 Å². The molecule has 0 aliphatic heterocycles. The lowest BCUT2D eigenvalue weighted by Crippen LogP contribution is -1.98. The number of nitrogens with zero attached hydrogens (tertiary/aromatic N) is 2. The summed E-state index contributed by atoms with van der Waals surface area (Å²) in [7, 11) is 0. The van der Waals surface area contributed by atoms with E-state index in [0.717, 1.165) is 0 Å². The molecule has 4 nitrogen and oxygen atoms in total. The molecule has 2 aromatic rings. The fourth-order valence-corrected chi connectivity index (χ4v) is 2.03. The molecule has 2 N–H and O–H groups in total. The molecule has 5 heteroatoms. The Balaban J connectivity index is 2.29. The van der Waals surface area contributed by atoms with E-state index in [1.807, 2.05) is 18.2 Å². The van der Waals surface area contributed by atoms with Gasteiger partial charge in [-0.1, -0.05) is 19.9 Å². The van der Waals surface area contributed by atoms with Crippen LogP contribution in [0.2, 0.25) is 5.28 Å². The van der Waals surface area contributed by atoms with Crippen LogP contribution in [0.5, 0.6) is 11.6 Å². The fraction of sp³-hybridized carbons (Fsp3) is 0.286. The molecule has 0 atom stereocenters. The van der Waals surface area contributed by atoms with E-state index >= 15 is 0 Å². The van der Waals surface area contributed by atoms with E-state index in [1.54, 1.807) is 0 Å². The molecule has 0 fully saturated rings. The first kappa shape index (κ1) is 13.6. The van der Waals surface area contributed by atoms with Gasteiger partial charge in [0.25, 0.3) is 0 Å². The number of aromatic nitrogens is 2. The SMILES string of the molecule is Cc1cc(Oc2nc(Cl)ncc2N)ccc1C(C)C. The van der Waals surface area contributed by atoms with Crippen molar-refractivity contribution in [2.75, 3.05) is 5.73 Å². The highest BCUT2D eigenvalue weighted by molar-refractivity contribution is 6.28. The molecule has 19 heavy (non-hydrogen) atoms. The van der Waals surface area contributed by atoms with Crippen LogP contribution >= 0.6 is 11.6 Å². The maximum atomic E-state index is 5.74. The van der Waals surface area contributed by atoms with Gasteiger partial charge in [-0.3, -0.25) is 0 Å². The summed E-state index contributed by atoms with van der Waals surface area (Å²) in [5.41, 5.74) is 8.57. The number of nitrogens with two attached hydrogens (primary N) is 1. The third-order valence-electron chi connectivity index (χ3n) is 2.83. The average molecular weight is 278 g/mol. The van der Waals surface area contributed by atoms with Crippen molar-refractivity contribution in [1.29, 1.82) is 0 Å². The molecule has 0 bridgehead atoms. The summed E-state index contributed by atoms with van der Waals surface area (Å²) in [5.74, 6) is 1.44. The van der Waals surface area contributed by atoms with Crippen molar-refractivity contribution in [3.8, 4) is 11.6 Å². The lowest BCUT2D eigenvalue weighted by Gasteiger charge is -2.12. The maximum absolute atomic E-state index is 5.74. The number of rotatable bonds is 3. The van der Waals surface area contributed by atoms with Crippen molar-refractivity contribution in [1.82, 2.24) is 9.97 Å². The predicted molar refractivity (Wildman–Crippen MR) is 76.8 cm³/mol. The molecule has 0 saturated carbocycles. The zero-order valence-corrected chi connectivity index (χ0v) is 11.9. The van der Waals surface area contributed by atoms with Gasteiger partial charge >= 0.3 is 0 Å². The van der Waals surface area contributed by atoms with Crippen LogP contribution in [0.1, 0.15) is 30.9 Å². The Kier molecular flexibility index (Phi) is 3.90. The Bertz CT molecular complexity index is 599. The summed E-state index contributed by atoms with van der Waals surface area (Å²) in [6, 6.07) is 5.91. The van der Waals surface area contributed by atoms with E-state index < -0.39 is 0 Å². The molecule has 100 valence electrons. The van der Waals surface area contributed by atoms with E-state index in [1.165, 1.54) is 17.3 Å². The number of hydrogen-bond acceptors (Lipinski definition) is 4. The second-order valence-corrected chi connectivity index (χ2v) is 5.01. The Morgan fingerprint density at radius 3 is 2.68 bits per heavy atom. The summed E-state index contributed by atoms with van der Waals surface area (Å²) in [5, 5.41) is 0.111. The molecule has 0 spiro atoms. The molecule has 0 aliphatic rings. The molecule has 0 saturated heterocycles. The van der Waals surface area contributed by atoms with Gasteiger partial charge in [0.2, 0.25) is 11.2 Å². The normalized spacial score (nSPS) is 10.8. The summed E-state index contributed by atoms with van der Waals surface area (Å²) < 4.78 is 5.64. The molecule has 1 aromatic carbocycles. The van der Waals surface area contributed by atoms with Crippen molar-refractivity contribution >= 4 is 17.3 Å². The average Bonchev–Trinajstić information content (AvgIpc) is 2.33. The van der Waals surface area contributed by atoms with Gasteiger partial charge in [-0.05, 0) is 47.7 Å². The molecule has 2 rings (SSSR count). The van der Waals surface area contributed by atoms with Crippen molar-refractivity contribution < 1.29 is 4.74 Å². The monoisotopic (exact) mass is 277 g/mol. The summed E-state index contributed by atoms with van der Waals surface area (Å²) >= 11 is 5.72. The van der Waals surface area contributed by atoms with Gasteiger partial charge in [0.1, 0.15) is 11.4 Å². The van der Waals surface area contributed by atoms with Crippen molar-refractivity contribution in [3.63, 3.8) is 0 Å². The van der Waals surface area contributed by atoms with Crippen LogP contribution in [-0.4, -0.2) is 9.97 Å². The van der Waals surface area contributed by atoms with E-state index in [0.29, 0.717) is 17.4 Å². The third kappa shape index (κ3) is 3.15. The van der Waals surface area contributed by atoms with Crippen LogP contribution < -0.4 is 10.5 Å². The van der Waals surface area contributed by atoms with Crippen molar-refractivity contribution in [3.05, 3.63) is 40.8 Å². The zero-order valence-electron chi connectivity index (χ0n) is 11.1. The second kappa shape index (κ2) is 5.45. The number of anilines is 1. The Morgan fingerprint density at radius 1 is 1.32 bits per heavy atom. The van der Waals surface area contributed by atoms with E-state index in [2.05, 4.69) is 30.7 Å². The number of halogens is 1. The highest BCUT2D eigenvalue weighted by Gasteiger charge is 2.09. The number of nitrogen functional groups attached to an aromatic ring is 1. The molecule has 1 heterocycles. The van der Waals surface area contributed by atoms with Gasteiger partial charge in [-0.25, -0.2) is 4.98 Å². The first-order valence-corrected chi connectivity index (χ1v) is 6.41. The van der Waals surface area contributed by atoms with E-state index in [4.69, 9.17) is 22.1 Å². The van der Waals surface area contributed by atoms with E-state index in [9.17, 15) is 0 Å². The minimum absolute atomic E-state index is 0.111. The van der Waals surface area contributed by atoms with Gasteiger partial charge < -0.3 is 10.5 Å². The van der Waals surface area contributed by atoms with Gasteiger partial charge in [0, 0.05) is 0 Å². The zero-order chi connectivity index (χ0) is 14.0. The lowest BCUT2D eigenvalue weighted by molar-refractivity contribution is 0.463. The van der Waals surface area contributed by atoms with E-state index in [-0.39, 0.29) is 11.2 Å². The highest BCUT2D eigenvalue weighted by Crippen LogP contribution is 2.29. The van der Waals surface area contributed by atoms with Crippen molar-refractivity contribution in [2.45, 2.75) is 26.7 Å². The number of ether oxygens (including phenoxy) is 1. The standard InChI is InChI=1S/C14H16ClN3O/c1-8(2)11-5-4-10(6-9(11)3)19-13-12(16)7-17-14(15)18-13/h4-8H,16H2,1-3H3. The van der Waals surface area contributed by atoms with Gasteiger partial charge in [-0.2, -0.15) is 4.98 Å². The minimum Gasteiger partial charge on any atom is -0.437 e. The Labute approximate surface area is 117 Å². The maximum Gasteiger partial charge on any atom is 0.247 e. The van der Waals surface area contributed by atoms with Crippen LogP contribution in [0, 0.1) is 6.92 Å². The van der Waals surface area contributed by atoms with Crippen LogP contribution in [0.3, 0.4) is 0 Å². The molecular weight excluding hydrogens is 262 g/mol.